The molecule has 0 saturated carbocycles. The van der Waals surface area contributed by atoms with Gasteiger partial charge in [0.05, 0.1) is 11.6 Å². The fourth-order valence-electron chi connectivity index (χ4n) is 1.92. The number of hydrogen-bond acceptors (Lipinski definition) is 2. The molecular weight excluding hydrogens is 306 g/mol. The minimum Gasteiger partial charge on any atom is -0.495 e. The number of aliphatic imine (C=N–C) groups is 1. The van der Waals surface area contributed by atoms with Crippen molar-refractivity contribution in [2.45, 2.75) is 20.3 Å². The predicted octanol–water partition coefficient (Wildman–Crippen LogP) is 2.66. The van der Waals surface area contributed by atoms with Crippen molar-refractivity contribution in [3.05, 3.63) is 28.2 Å². The summed E-state index contributed by atoms with van der Waals surface area (Å²) in [6.07, 6.45) is 0.810. The van der Waals surface area contributed by atoms with Gasteiger partial charge in [-0.15, -0.1) is 0 Å². The van der Waals surface area contributed by atoms with Gasteiger partial charge in [-0.3, -0.25) is 4.99 Å². The second-order valence-corrected chi connectivity index (χ2v) is 4.95. The quantitative estimate of drug-likeness (QED) is 0.645. The van der Waals surface area contributed by atoms with Gasteiger partial charge >= 0.3 is 0 Å². The molecule has 0 bridgehead atoms. The topological polar surface area (TPSA) is 50.8 Å². The van der Waals surface area contributed by atoms with Crippen LogP contribution in [0.2, 0.25) is 0 Å². The molecule has 19 heavy (non-hydrogen) atoms. The highest BCUT2D eigenvalue weighted by molar-refractivity contribution is 9.10. The Morgan fingerprint density at radius 3 is 2.63 bits per heavy atom. The van der Waals surface area contributed by atoms with Crippen molar-refractivity contribution in [2.75, 3.05) is 26.7 Å². The van der Waals surface area contributed by atoms with Crippen LogP contribution in [0.3, 0.4) is 0 Å². The van der Waals surface area contributed by atoms with Crippen LogP contribution in [0.15, 0.2) is 27.7 Å². The summed E-state index contributed by atoms with van der Waals surface area (Å²) < 4.78 is 6.35. The van der Waals surface area contributed by atoms with Crippen molar-refractivity contribution in [1.82, 2.24) is 4.90 Å². The second-order valence-electron chi connectivity index (χ2n) is 4.09. The van der Waals surface area contributed by atoms with Crippen molar-refractivity contribution in [2.24, 2.45) is 10.7 Å². The van der Waals surface area contributed by atoms with Crippen LogP contribution in [0.1, 0.15) is 19.4 Å². The van der Waals surface area contributed by atoms with Crippen molar-refractivity contribution in [3.63, 3.8) is 0 Å². The van der Waals surface area contributed by atoms with E-state index in [1.807, 2.05) is 23.1 Å². The van der Waals surface area contributed by atoms with Crippen LogP contribution in [0.25, 0.3) is 0 Å². The van der Waals surface area contributed by atoms with Gasteiger partial charge in [0.2, 0.25) is 0 Å². The molecule has 5 heteroatoms. The van der Waals surface area contributed by atoms with E-state index in [-0.39, 0.29) is 0 Å². The molecule has 0 atom stereocenters. The lowest BCUT2D eigenvalue weighted by atomic mass is 10.1. The molecule has 2 N–H and O–H groups in total. The van der Waals surface area contributed by atoms with Crippen molar-refractivity contribution in [1.29, 1.82) is 0 Å². The highest BCUT2D eigenvalue weighted by Crippen LogP contribution is 2.28. The molecule has 4 nitrogen and oxygen atoms in total. The summed E-state index contributed by atoms with van der Waals surface area (Å²) in [5.74, 6) is 1.48. The number of halogens is 1. The molecule has 106 valence electrons. The Balaban J connectivity index is 2.67. The normalized spacial score (nSPS) is 11.5. The molecule has 1 aromatic carbocycles. The molecule has 1 aromatic rings. The lowest BCUT2D eigenvalue weighted by Crippen LogP contribution is -2.37. The highest BCUT2D eigenvalue weighted by atomic mass is 79.9. The van der Waals surface area contributed by atoms with Gasteiger partial charge < -0.3 is 15.4 Å². The zero-order valence-electron chi connectivity index (χ0n) is 11.8. The molecule has 0 amide bonds. The fraction of sp³-hybridized carbons (Fsp3) is 0.500. The Kier molecular flexibility index (Phi) is 6.70. The van der Waals surface area contributed by atoms with E-state index in [0.717, 1.165) is 35.3 Å². The summed E-state index contributed by atoms with van der Waals surface area (Å²) in [6.45, 7) is 6.57. The van der Waals surface area contributed by atoms with Crippen LogP contribution < -0.4 is 10.5 Å². The van der Waals surface area contributed by atoms with Crippen molar-refractivity contribution < 1.29 is 4.74 Å². The van der Waals surface area contributed by atoms with E-state index in [0.29, 0.717) is 12.5 Å². The van der Waals surface area contributed by atoms with Crippen LogP contribution in [0, 0.1) is 0 Å². The Morgan fingerprint density at radius 2 is 2.05 bits per heavy atom. The molecular formula is C14H22BrN3O. The summed E-state index contributed by atoms with van der Waals surface area (Å²) in [5, 5.41) is 0. The first-order chi connectivity index (χ1) is 9.13. The lowest BCUT2D eigenvalue weighted by Gasteiger charge is -2.19. The number of methoxy groups -OCH3 is 1. The lowest BCUT2D eigenvalue weighted by molar-refractivity contribution is 0.407. The first-order valence-corrected chi connectivity index (χ1v) is 7.29. The minimum atomic E-state index is 0.610. The van der Waals surface area contributed by atoms with Crippen molar-refractivity contribution in [3.8, 4) is 5.75 Å². The van der Waals surface area contributed by atoms with Gasteiger partial charge in [-0.1, -0.05) is 12.1 Å². The molecule has 0 aliphatic heterocycles. The number of hydrogen-bond donors (Lipinski definition) is 1. The zero-order valence-corrected chi connectivity index (χ0v) is 13.4. The first kappa shape index (κ1) is 15.8. The van der Waals surface area contributed by atoms with Gasteiger partial charge in [0.15, 0.2) is 5.96 Å². The van der Waals surface area contributed by atoms with Gasteiger partial charge in [-0.25, -0.2) is 0 Å². The minimum absolute atomic E-state index is 0.610. The number of nitrogens with two attached hydrogens (primary N) is 1. The molecule has 0 aliphatic carbocycles. The molecule has 0 aromatic heterocycles. The van der Waals surface area contributed by atoms with Crippen LogP contribution in [0.4, 0.5) is 0 Å². The summed E-state index contributed by atoms with van der Waals surface area (Å²) in [7, 11) is 1.68. The standard InChI is InChI=1S/C14H22BrN3O/c1-4-18(5-2)14(16)17-10-9-11-7-6-8-12(15)13(11)19-3/h6-8H,4-5,9-10H2,1-3H3,(H2,16,17). The average molecular weight is 328 g/mol. The molecule has 0 aliphatic rings. The maximum absolute atomic E-state index is 5.94. The van der Waals surface area contributed by atoms with Gasteiger partial charge in [0.1, 0.15) is 5.75 Å². The average Bonchev–Trinajstić information content (AvgIpc) is 2.40. The number of rotatable bonds is 6. The molecule has 0 spiro atoms. The maximum atomic E-state index is 5.94. The van der Waals surface area contributed by atoms with Crippen LogP contribution >= 0.6 is 15.9 Å². The molecule has 1 rings (SSSR count). The Morgan fingerprint density at radius 1 is 1.37 bits per heavy atom. The van der Waals surface area contributed by atoms with E-state index < -0.39 is 0 Å². The van der Waals surface area contributed by atoms with Crippen molar-refractivity contribution >= 4 is 21.9 Å². The van der Waals surface area contributed by atoms with E-state index in [1.54, 1.807) is 7.11 Å². The predicted molar refractivity (Wildman–Crippen MR) is 83.8 cm³/mol. The molecule has 0 unspecified atom stereocenters. The number of benzene rings is 1. The van der Waals surface area contributed by atoms with E-state index in [1.165, 1.54) is 0 Å². The van der Waals surface area contributed by atoms with Gasteiger partial charge in [0.25, 0.3) is 0 Å². The summed E-state index contributed by atoms with van der Waals surface area (Å²) in [5.41, 5.74) is 7.07. The molecule has 0 saturated heterocycles. The second kappa shape index (κ2) is 8.04. The first-order valence-electron chi connectivity index (χ1n) is 6.50. The Bertz CT molecular complexity index is 431. The zero-order chi connectivity index (χ0) is 14.3. The van der Waals surface area contributed by atoms with E-state index in [2.05, 4.69) is 34.8 Å². The van der Waals surface area contributed by atoms with Gasteiger partial charge in [-0.2, -0.15) is 0 Å². The van der Waals surface area contributed by atoms with Crippen LogP contribution in [0.5, 0.6) is 5.75 Å². The third kappa shape index (κ3) is 4.42. The Hall–Kier alpha value is -1.23. The van der Waals surface area contributed by atoms with E-state index in [4.69, 9.17) is 10.5 Å². The third-order valence-electron chi connectivity index (χ3n) is 3.00. The smallest absolute Gasteiger partial charge is 0.191 e. The fourth-order valence-corrected chi connectivity index (χ4v) is 2.49. The van der Waals surface area contributed by atoms with Gasteiger partial charge in [-0.05, 0) is 47.8 Å². The van der Waals surface area contributed by atoms with Crippen LogP contribution in [-0.4, -0.2) is 37.6 Å². The molecule has 0 heterocycles. The number of nitrogens with zero attached hydrogens (tertiary/aromatic N) is 2. The van der Waals surface area contributed by atoms with Gasteiger partial charge in [0, 0.05) is 19.6 Å². The SMILES string of the molecule is CCN(CC)C(N)=NCCc1cccc(Br)c1OC. The number of para-hydroxylation sites is 1. The summed E-state index contributed by atoms with van der Waals surface area (Å²) in [6, 6.07) is 6.02. The summed E-state index contributed by atoms with van der Waals surface area (Å²) in [4.78, 5) is 6.46. The molecule has 0 radical (unpaired) electrons. The number of guanidine groups is 1. The summed E-state index contributed by atoms with van der Waals surface area (Å²) >= 11 is 3.48. The highest BCUT2D eigenvalue weighted by Gasteiger charge is 2.07. The Labute approximate surface area is 123 Å². The maximum Gasteiger partial charge on any atom is 0.191 e. The molecule has 0 fully saturated rings. The number of ether oxygens (including phenoxy) is 1. The van der Waals surface area contributed by atoms with Crippen LogP contribution in [-0.2, 0) is 6.42 Å². The monoisotopic (exact) mass is 327 g/mol. The third-order valence-corrected chi connectivity index (χ3v) is 3.62. The largest absolute Gasteiger partial charge is 0.495 e. The van der Waals surface area contributed by atoms with E-state index >= 15 is 0 Å². The van der Waals surface area contributed by atoms with E-state index in [9.17, 15) is 0 Å².